The highest BCUT2D eigenvalue weighted by Crippen LogP contribution is 2.23. The highest BCUT2D eigenvalue weighted by molar-refractivity contribution is 7.97. The van der Waals surface area contributed by atoms with Crippen LogP contribution in [-0.4, -0.2) is 53.3 Å². The number of amides is 1. The summed E-state index contributed by atoms with van der Waals surface area (Å²) in [5, 5.41) is 3.26. The van der Waals surface area contributed by atoms with Crippen LogP contribution < -0.4 is 5.32 Å². The lowest BCUT2D eigenvalue weighted by molar-refractivity contribution is -0.123. The number of hydrogen-bond acceptors (Lipinski definition) is 4. The van der Waals surface area contributed by atoms with Crippen molar-refractivity contribution in [2.24, 2.45) is 5.41 Å². The summed E-state index contributed by atoms with van der Waals surface area (Å²) in [5.74, 6) is 1.80. The fourth-order valence-electron chi connectivity index (χ4n) is 3.03. The Bertz CT molecular complexity index is 733. The van der Waals surface area contributed by atoms with Gasteiger partial charge in [0, 0.05) is 6.04 Å². The van der Waals surface area contributed by atoms with Gasteiger partial charge in [-0.25, -0.2) is 4.98 Å². The Morgan fingerprint density at radius 2 is 2.00 bits per heavy atom. The van der Waals surface area contributed by atoms with Crippen LogP contribution in [0.15, 0.2) is 24.3 Å². The van der Waals surface area contributed by atoms with E-state index in [2.05, 4.69) is 51.3 Å². The van der Waals surface area contributed by atoms with E-state index in [0.29, 0.717) is 6.54 Å². The third-order valence-electron chi connectivity index (χ3n) is 4.55. The number of fused-ring (bicyclic) bond motifs is 1. The van der Waals surface area contributed by atoms with Crippen LogP contribution in [-0.2, 0) is 17.1 Å². The predicted octanol–water partition coefficient (Wildman–Crippen LogP) is 3.38. The fraction of sp³-hybridized carbons (Fsp3) is 0.600. The quantitative estimate of drug-likeness (QED) is 0.767. The van der Waals surface area contributed by atoms with Gasteiger partial charge in [0.2, 0.25) is 5.91 Å². The first-order valence-electron chi connectivity index (χ1n) is 9.09. The molecule has 0 bridgehead atoms. The Hall–Kier alpha value is -1.53. The first-order chi connectivity index (χ1) is 12.2. The molecule has 2 aromatic rings. The number of imidazole rings is 1. The molecule has 0 aliphatic carbocycles. The number of nitrogens with one attached hydrogen (secondary N) is 1. The lowest BCUT2D eigenvalue weighted by atomic mass is 9.84. The van der Waals surface area contributed by atoms with Crippen molar-refractivity contribution in [2.45, 2.75) is 45.5 Å². The second kappa shape index (κ2) is 8.91. The molecule has 0 saturated carbocycles. The van der Waals surface area contributed by atoms with Crippen LogP contribution in [0.3, 0.4) is 0 Å². The molecule has 0 aliphatic rings. The van der Waals surface area contributed by atoms with Crippen molar-refractivity contribution in [2.75, 3.05) is 26.9 Å². The molecule has 6 heteroatoms. The molecule has 1 N–H and O–H groups in total. The molecular weight excluding hydrogens is 344 g/mol. The van der Waals surface area contributed by atoms with Gasteiger partial charge in [-0.15, -0.1) is 0 Å². The maximum Gasteiger partial charge on any atom is 0.240 e. The smallest absolute Gasteiger partial charge is 0.240 e. The summed E-state index contributed by atoms with van der Waals surface area (Å²) in [7, 11) is 4.13. The second-order valence-electron chi connectivity index (χ2n) is 8.11. The molecule has 1 aromatic heterocycles. The number of benzene rings is 1. The number of para-hydroxylation sites is 2. The first-order valence-corrected chi connectivity index (χ1v) is 10.5. The monoisotopic (exact) mass is 376 g/mol. The summed E-state index contributed by atoms with van der Waals surface area (Å²) in [6.07, 6.45) is 2.99. The largest absolute Gasteiger partial charge is 0.351 e. The maximum absolute atomic E-state index is 12.8. The van der Waals surface area contributed by atoms with Crippen molar-refractivity contribution >= 4 is 28.7 Å². The third kappa shape index (κ3) is 5.48. The van der Waals surface area contributed by atoms with E-state index in [1.165, 1.54) is 0 Å². The van der Waals surface area contributed by atoms with Gasteiger partial charge in [-0.05, 0) is 50.9 Å². The van der Waals surface area contributed by atoms with Gasteiger partial charge in [0.15, 0.2) is 0 Å². The van der Waals surface area contributed by atoms with Crippen molar-refractivity contribution in [3.05, 3.63) is 30.1 Å². The number of nitrogens with zero attached hydrogens (tertiary/aromatic N) is 3. The molecule has 0 aliphatic heterocycles. The number of thioether (sulfide) groups is 1. The van der Waals surface area contributed by atoms with Gasteiger partial charge in [0.1, 0.15) is 12.4 Å². The molecule has 0 saturated heterocycles. The van der Waals surface area contributed by atoms with Gasteiger partial charge < -0.3 is 14.8 Å². The molecule has 26 heavy (non-hydrogen) atoms. The fourth-order valence-corrected chi connectivity index (χ4v) is 3.51. The Kier molecular flexibility index (Phi) is 7.12. The van der Waals surface area contributed by atoms with E-state index in [0.717, 1.165) is 35.6 Å². The number of carbonyl (C=O) groups excluding carboxylic acids is 1. The molecule has 1 atom stereocenters. The van der Waals surface area contributed by atoms with E-state index in [-0.39, 0.29) is 17.4 Å². The summed E-state index contributed by atoms with van der Waals surface area (Å²) >= 11 is 1.72. The standard InChI is InChI=1S/C20H32N4OS/c1-20(2,3)17(11-12-23(4)5)22-19(25)13-24-16-10-8-7-9-15(16)21-18(24)14-26-6/h7-10,17H,11-14H2,1-6H3,(H,22,25)/t17-/m1/s1. The molecule has 144 valence electrons. The molecule has 1 aromatic carbocycles. The van der Waals surface area contributed by atoms with E-state index in [1.807, 2.05) is 28.8 Å². The minimum absolute atomic E-state index is 0.0186. The zero-order valence-corrected chi connectivity index (χ0v) is 17.7. The molecule has 2 rings (SSSR count). The van der Waals surface area contributed by atoms with E-state index >= 15 is 0 Å². The molecule has 0 radical (unpaired) electrons. The van der Waals surface area contributed by atoms with Gasteiger partial charge >= 0.3 is 0 Å². The van der Waals surface area contributed by atoms with Crippen molar-refractivity contribution in [3.8, 4) is 0 Å². The molecule has 1 heterocycles. The highest BCUT2D eigenvalue weighted by atomic mass is 32.2. The molecule has 1 amide bonds. The van der Waals surface area contributed by atoms with Gasteiger partial charge in [-0.3, -0.25) is 4.79 Å². The van der Waals surface area contributed by atoms with Crippen molar-refractivity contribution in [3.63, 3.8) is 0 Å². The van der Waals surface area contributed by atoms with E-state index in [9.17, 15) is 4.79 Å². The predicted molar refractivity (Wildman–Crippen MR) is 112 cm³/mol. The topological polar surface area (TPSA) is 50.2 Å². The van der Waals surface area contributed by atoms with Crippen molar-refractivity contribution in [1.82, 2.24) is 19.8 Å². The first kappa shape index (κ1) is 20.8. The second-order valence-corrected chi connectivity index (χ2v) is 8.98. The lowest BCUT2D eigenvalue weighted by Gasteiger charge is -2.32. The molecule has 0 spiro atoms. The van der Waals surface area contributed by atoms with Crippen LogP contribution >= 0.6 is 11.8 Å². The Morgan fingerprint density at radius 1 is 1.31 bits per heavy atom. The third-order valence-corrected chi connectivity index (χ3v) is 5.10. The van der Waals surface area contributed by atoms with E-state index in [4.69, 9.17) is 4.98 Å². The summed E-state index contributed by atoms with van der Waals surface area (Å²) in [5.41, 5.74) is 1.99. The SMILES string of the molecule is CSCc1nc2ccccc2n1CC(=O)N[C@H](CCN(C)C)C(C)(C)C. The lowest BCUT2D eigenvalue weighted by Crippen LogP contribution is -2.46. The minimum Gasteiger partial charge on any atom is -0.351 e. The van der Waals surface area contributed by atoms with E-state index in [1.54, 1.807) is 11.8 Å². The van der Waals surface area contributed by atoms with E-state index < -0.39 is 0 Å². The van der Waals surface area contributed by atoms with Crippen LogP contribution in [0.1, 0.15) is 33.0 Å². The molecule has 0 unspecified atom stereocenters. The van der Waals surface area contributed by atoms with Gasteiger partial charge in [-0.2, -0.15) is 11.8 Å². The zero-order chi connectivity index (χ0) is 19.3. The minimum atomic E-state index is 0.0186. The van der Waals surface area contributed by atoms with Crippen LogP contribution in [0.5, 0.6) is 0 Å². The average molecular weight is 377 g/mol. The molecular formula is C20H32N4OS. The summed E-state index contributed by atoms with van der Waals surface area (Å²) in [4.78, 5) is 19.7. The van der Waals surface area contributed by atoms with Gasteiger partial charge in [0.05, 0.1) is 16.8 Å². The van der Waals surface area contributed by atoms with Crippen molar-refractivity contribution in [1.29, 1.82) is 0 Å². The maximum atomic E-state index is 12.8. The Morgan fingerprint density at radius 3 is 2.62 bits per heavy atom. The van der Waals surface area contributed by atoms with Crippen LogP contribution in [0.25, 0.3) is 11.0 Å². The summed E-state index contributed by atoms with van der Waals surface area (Å²) in [6.45, 7) is 7.80. The highest BCUT2D eigenvalue weighted by Gasteiger charge is 2.26. The Balaban J connectivity index is 2.17. The summed E-state index contributed by atoms with van der Waals surface area (Å²) < 4.78 is 2.05. The number of carbonyl (C=O) groups is 1. The molecule has 0 fully saturated rings. The van der Waals surface area contributed by atoms with Gasteiger partial charge in [0.25, 0.3) is 0 Å². The van der Waals surface area contributed by atoms with Crippen molar-refractivity contribution < 1.29 is 4.79 Å². The molecule has 5 nitrogen and oxygen atoms in total. The van der Waals surface area contributed by atoms with Crippen LogP contribution in [0, 0.1) is 5.41 Å². The number of hydrogen-bond donors (Lipinski definition) is 1. The normalized spacial score (nSPS) is 13.3. The van der Waals surface area contributed by atoms with Crippen LogP contribution in [0.4, 0.5) is 0 Å². The van der Waals surface area contributed by atoms with Crippen LogP contribution in [0.2, 0.25) is 0 Å². The zero-order valence-electron chi connectivity index (χ0n) is 16.9. The average Bonchev–Trinajstić information content (AvgIpc) is 2.88. The Labute approximate surface area is 161 Å². The summed E-state index contributed by atoms with van der Waals surface area (Å²) in [6, 6.07) is 8.15. The number of aromatic nitrogens is 2. The number of rotatable bonds is 8. The van der Waals surface area contributed by atoms with Gasteiger partial charge in [-0.1, -0.05) is 32.9 Å².